The average Bonchev–Trinajstić information content (AvgIpc) is 2.57. The molecule has 0 saturated carbocycles. The molecule has 0 spiro atoms. The summed E-state index contributed by atoms with van der Waals surface area (Å²) in [4.78, 5) is 2.35. The predicted molar refractivity (Wildman–Crippen MR) is 74.0 cm³/mol. The van der Waals surface area contributed by atoms with E-state index in [2.05, 4.69) is 65.9 Å². The van der Waals surface area contributed by atoms with Gasteiger partial charge in [0.05, 0.1) is 17.5 Å². The molecule has 0 amide bonds. The van der Waals surface area contributed by atoms with Crippen molar-refractivity contribution < 1.29 is 0 Å². The molecule has 1 saturated heterocycles. The lowest BCUT2D eigenvalue weighted by Gasteiger charge is -2.35. The van der Waals surface area contributed by atoms with Gasteiger partial charge in [0.1, 0.15) is 0 Å². The Labute approximate surface area is 111 Å². The summed E-state index contributed by atoms with van der Waals surface area (Å²) in [6.45, 7) is 7.38. The van der Waals surface area contributed by atoms with E-state index in [-0.39, 0.29) is 11.5 Å². The van der Waals surface area contributed by atoms with Gasteiger partial charge in [0.25, 0.3) is 0 Å². The summed E-state index contributed by atoms with van der Waals surface area (Å²) < 4.78 is 1.13. The molecule has 1 aromatic rings. The molecule has 0 aromatic heterocycles. The largest absolute Gasteiger partial charge is 0.365 e. The molecular formula is C14H17BrN2. The molecular weight excluding hydrogens is 276 g/mol. The van der Waals surface area contributed by atoms with Crippen LogP contribution in [0.1, 0.15) is 25.8 Å². The second-order valence-electron chi connectivity index (χ2n) is 5.21. The molecule has 0 aliphatic carbocycles. The fourth-order valence-electron chi connectivity index (χ4n) is 2.57. The third-order valence-corrected chi connectivity index (χ3v) is 4.69. The van der Waals surface area contributed by atoms with Crippen molar-refractivity contribution in [3.05, 3.63) is 28.2 Å². The van der Waals surface area contributed by atoms with Gasteiger partial charge in [0.2, 0.25) is 0 Å². The van der Waals surface area contributed by atoms with Gasteiger partial charge in [0.15, 0.2) is 0 Å². The molecule has 90 valence electrons. The fraction of sp³-hybridized carbons (Fsp3) is 0.500. The van der Waals surface area contributed by atoms with E-state index < -0.39 is 0 Å². The first kappa shape index (κ1) is 12.4. The lowest BCUT2D eigenvalue weighted by atomic mass is 9.89. The van der Waals surface area contributed by atoms with E-state index in [4.69, 9.17) is 0 Å². The Kier molecular flexibility index (Phi) is 3.18. The van der Waals surface area contributed by atoms with Crippen LogP contribution >= 0.6 is 15.9 Å². The zero-order valence-corrected chi connectivity index (χ0v) is 12.1. The summed E-state index contributed by atoms with van der Waals surface area (Å²) >= 11 is 3.52. The highest BCUT2D eigenvalue weighted by Gasteiger charge is 2.41. The molecule has 0 bridgehead atoms. The Morgan fingerprint density at radius 1 is 1.47 bits per heavy atom. The minimum absolute atomic E-state index is 0.0744. The second kappa shape index (κ2) is 4.34. The van der Waals surface area contributed by atoms with E-state index in [1.165, 1.54) is 11.3 Å². The maximum Gasteiger partial charge on any atom is 0.0706 e. The minimum atomic E-state index is -0.0744. The van der Waals surface area contributed by atoms with Crippen LogP contribution in [-0.4, -0.2) is 12.1 Å². The number of nitriles is 1. The number of benzene rings is 1. The first-order chi connectivity index (χ1) is 7.96. The Morgan fingerprint density at radius 2 is 2.18 bits per heavy atom. The number of rotatable bonds is 1. The van der Waals surface area contributed by atoms with Crippen LogP contribution in [0.15, 0.2) is 22.7 Å². The van der Waals surface area contributed by atoms with Gasteiger partial charge in [-0.15, -0.1) is 0 Å². The first-order valence-electron chi connectivity index (χ1n) is 5.90. The molecule has 1 heterocycles. The minimum Gasteiger partial charge on any atom is -0.365 e. The summed E-state index contributed by atoms with van der Waals surface area (Å²) in [6.07, 6.45) is 0.957. The van der Waals surface area contributed by atoms with Crippen molar-refractivity contribution >= 4 is 21.6 Å². The van der Waals surface area contributed by atoms with Crippen LogP contribution in [0.25, 0.3) is 0 Å². The topological polar surface area (TPSA) is 27.0 Å². The van der Waals surface area contributed by atoms with Crippen LogP contribution in [-0.2, 0) is 0 Å². The van der Waals surface area contributed by atoms with E-state index in [0.29, 0.717) is 0 Å². The Bertz CT molecular complexity index is 474. The van der Waals surface area contributed by atoms with Crippen LogP contribution in [0.5, 0.6) is 0 Å². The normalized spacial score (nSPS) is 22.5. The summed E-state index contributed by atoms with van der Waals surface area (Å²) in [6, 6.07) is 8.82. The van der Waals surface area contributed by atoms with Crippen LogP contribution in [0.2, 0.25) is 0 Å². The molecule has 1 aliphatic rings. The van der Waals surface area contributed by atoms with Gasteiger partial charge in [-0.25, -0.2) is 0 Å². The van der Waals surface area contributed by atoms with Crippen molar-refractivity contribution in [1.29, 1.82) is 5.26 Å². The van der Waals surface area contributed by atoms with Crippen molar-refractivity contribution in [2.24, 2.45) is 5.92 Å². The first-order valence-corrected chi connectivity index (χ1v) is 6.69. The summed E-state index contributed by atoms with van der Waals surface area (Å²) in [5.74, 6) is 0.117. The van der Waals surface area contributed by atoms with Gasteiger partial charge < -0.3 is 4.90 Å². The van der Waals surface area contributed by atoms with E-state index in [0.717, 1.165) is 17.4 Å². The summed E-state index contributed by atoms with van der Waals surface area (Å²) in [7, 11) is 0. The SMILES string of the molecule is Cc1cc(N2CCC(C#N)C2(C)C)ccc1Br. The maximum atomic E-state index is 9.18. The molecule has 1 aromatic carbocycles. The quantitative estimate of drug-likeness (QED) is 0.785. The zero-order valence-electron chi connectivity index (χ0n) is 10.5. The van der Waals surface area contributed by atoms with E-state index in [1.807, 2.05) is 0 Å². The highest BCUT2D eigenvalue weighted by Crippen LogP contribution is 2.38. The third-order valence-electron chi connectivity index (χ3n) is 3.80. The molecule has 1 atom stereocenters. The van der Waals surface area contributed by atoms with Gasteiger partial charge in [-0.1, -0.05) is 15.9 Å². The number of aryl methyl sites for hydroxylation is 1. The highest BCUT2D eigenvalue weighted by atomic mass is 79.9. The number of hydrogen-bond acceptors (Lipinski definition) is 2. The van der Waals surface area contributed by atoms with Crippen LogP contribution < -0.4 is 4.90 Å². The molecule has 3 heteroatoms. The lowest BCUT2D eigenvalue weighted by Crippen LogP contribution is -2.42. The van der Waals surface area contributed by atoms with Crippen LogP contribution in [0.3, 0.4) is 0 Å². The molecule has 2 rings (SSSR count). The summed E-state index contributed by atoms with van der Waals surface area (Å²) in [5.41, 5.74) is 2.38. The molecule has 0 N–H and O–H groups in total. The number of halogens is 1. The summed E-state index contributed by atoms with van der Waals surface area (Å²) in [5, 5.41) is 9.18. The van der Waals surface area contributed by atoms with Crippen LogP contribution in [0, 0.1) is 24.2 Å². The number of hydrogen-bond donors (Lipinski definition) is 0. The third kappa shape index (κ3) is 2.07. The van der Waals surface area contributed by atoms with Crippen LogP contribution in [0.4, 0.5) is 5.69 Å². The zero-order chi connectivity index (χ0) is 12.6. The number of nitrogens with zero attached hydrogens (tertiary/aromatic N) is 2. The molecule has 0 radical (unpaired) electrons. The molecule has 17 heavy (non-hydrogen) atoms. The Balaban J connectivity index is 2.36. The standard InChI is InChI=1S/C14H17BrN2/c1-10-8-12(4-5-13(10)15)17-7-6-11(9-16)14(17,2)3/h4-5,8,11H,6-7H2,1-3H3. The predicted octanol–water partition coefficient (Wildman–Crippen LogP) is 3.89. The smallest absolute Gasteiger partial charge is 0.0706 e. The van der Waals surface area contributed by atoms with Gasteiger partial charge >= 0.3 is 0 Å². The molecule has 1 unspecified atom stereocenters. The van der Waals surface area contributed by atoms with Gasteiger partial charge in [-0.3, -0.25) is 0 Å². The van der Waals surface area contributed by atoms with Crippen molar-refractivity contribution in [3.63, 3.8) is 0 Å². The average molecular weight is 293 g/mol. The van der Waals surface area contributed by atoms with E-state index in [9.17, 15) is 5.26 Å². The molecule has 2 nitrogen and oxygen atoms in total. The Morgan fingerprint density at radius 3 is 2.71 bits per heavy atom. The van der Waals surface area contributed by atoms with Gasteiger partial charge in [-0.2, -0.15) is 5.26 Å². The van der Waals surface area contributed by atoms with E-state index in [1.54, 1.807) is 0 Å². The van der Waals surface area contributed by atoms with Crippen molar-refractivity contribution in [2.75, 3.05) is 11.4 Å². The molecule has 1 fully saturated rings. The fourth-order valence-corrected chi connectivity index (χ4v) is 2.82. The second-order valence-corrected chi connectivity index (χ2v) is 6.06. The molecule has 1 aliphatic heterocycles. The van der Waals surface area contributed by atoms with Crippen molar-refractivity contribution in [2.45, 2.75) is 32.7 Å². The van der Waals surface area contributed by atoms with Gasteiger partial charge in [-0.05, 0) is 51.0 Å². The Hall–Kier alpha value is -1.01. The lowest BCUT2D eigenvalue weighted by molar-refractivity contribution is 0.439. The monoisotopic (exact) mass is 292 g/mol. The number of anilines is 1. The van der Waals surface area contributed by atoms with E-state index >= 15 is 0 Å². The van der Waals surface area contributed by atoms with Gasteiger partial charge in [0, 0.05) is 16.7 Å². The van der Waals surface area contributed by atoms with Crippen molar-refractivity contribution in [3.8, 4) is 6.07 Å². The highest BCUT2D eigenvalue weighted by molar-refractivity contribution is 9.10. The maximum absolute atomic E-state index is 9.18. The van der Waals surface area contributed by atoms with Crippen molar-refractivity contribution in [1.82, 2.24) is 0 Å².